The molecule has 21 heavy (non-hydrogen) atoms. The Morgan fingerprint density at radius 2 is 2.05 bits per heavy atom. The van der Waals surface area contributed by atoms with Gasteiger partial charge in [0, 0.05) is 26.5 Å². The Morgan fingerprint density at radius 3 is 2.71 bits per heavy atom. The monoisotopic (exact) mass is 290 g/mol. The van der Waals surface area contributed by atoms with Crippen molar-refractivity contribution in [3.8, 4) is 0 Å². The summed E-state index contributed by atoms with van der Waals surface area (Å²) in [5.41, 5.74) is 1.83. The van der Waals surface area contributed by atoms with Gasteiger partial charge in [-0.25, -0.2) is 4.98 Å². The Morgan fingerprint density at radius 1 is 1.33 bits per heavy atom. The van der Waals surface area contributed by atoms with Gasteiger partial charge in [0.05, 0.1) is 22.7 Å². The number of aliphatic hydroxyl groups excluding tert-OH is 1. The summed E-state index contributed by atoms with van der Waals surface area (Å²) in [5.74, 6) is 0.956. The third kappa shape index (κ3) is 3.83. The van der Waals surface area contributed by atoms with E-state index in [1.165, 1.54) is 0 Å². The molecule has 0 aliphatic heterocycles. The zero-order chi connectivity index (χ0) is 15.5. The molecule has 1 heterocycles. The number of methoxy groups -OCH3 is 1. The van der Waals surface area contributed by atoms with E-state index >= 15 is 0 Å². The van der Waals surface area contributed by atoms with E-state index in [1.807, 2.05) is 32.0 Å². The molecule has 0 bridgehead atoms. The van der Waals surface area contributed by atoms with Gasteiger partial charge in [0.25, 0.3) is 0 Å². The lowest BCUT2D eigenvalue weighted by Gasteiger charge is -2.25. The quantitative estimate of drug-likeness (QED) is 0.852. The molecular weight excluding hydrogens is 264 g/mol. The second-order valence-corrected chi connectivity index (χ2v) is 6.19. The molecule has 0 aliphatic carbocycles. The van der Waals surface area contributed by atoms with Gasteiger partial charge in [0.1, 0.15) is 5.82 Å². The van der Waals surface area contributed by atoms with Crippen LogP contribution in [0.1, 0.15) is 39.4 Å². The van der Waals surface area contributed by atoms with E-state index in [4.69, 9.17) is 4.74 Å². The summed E-state index contributed by atoms with van der Waals surface area (Å²) in [6.07, 6.45) is 1.75. The first kappa shape index (κ1) is 16.0. The molecule has 2 rings (SSSR count). The summed E-state index contributed by atoms with van der Waals surface area (Å²) in [7, 11) is 1.68. The first-order valence-corrected chi connectivity index (χ1v) is 7.64. The molecule has 1 N–H and O–H groups in total. The number of aliphatic hydroxyl groups is 1. The second kappa shape index (κ2) is 6.58. The van der Waals surface area contributed by atoms with Crippen LogP contribution >= 0.6 is 0 Å². The van der Waals surface area contributed by atoms with Gasteiger partial charge >= 0.3 is 0 Å². The molecule has 0 saturated carbocycles. The van der Waals surface area contributed by atoms with Crippen LogP contribution in [0.25, 0.3) is 11.0 Å². The molecule has 0 amide bonds. The maximum absolute atomic E-state index is 10.4. The van der Waals surface area contributed by atoms with Gasteiger partial charge in [-0.2, -0.15) is 0 Å². The van der Waals surface area contributed by atoms with Crippen LogP contribution in [-0.2, 0) is 17.7 Å². The lowest BCUT2D eigenvalue weighted by molar-refractivity contribution is -0.0195. The first-order chi connectivity index (χ1) is 9.96. The lowest BCUT2D eigenvalue weighted by Crippen LogP contribution is -2.30. The molecule has 4 heteroatoms. The van der Waals surface area contributed by atoms with Crippen LogP contribution < -0.4 is 0 Å². The number of aryl methyl sites for hydroxylation is 1. The predicted octanol–water partition coefficient (Wildman–Crippen LogP) is 3.16. The second-order valence-electron chi connectivity index (χ2n) is 6.19. The molecule has 1 unspecified atom stereocenters. The van der Waals surface area contributed by atoms with Crippen molar-refractivity contribution in [3.05, 3.63) is 30.1 Å². The van der Waals surface area contributed by atoms with Crippen LogP contribution in [0.5, 0.6) is 0 Å². The number of hydrogen-bond donors (Lipinski definition) is 1. The molecular formula is C17H26N2O2. The van der Waals surface area contributed by atoms with Gasteiger partial charge < -0.3 is 14.4 Å². The molecule has 1 aromatic carbocycles. The topological polar surface area (TPSA) is 47.3 Å². The van der Waals surface area contributed by atoms with Crippen LogP contribution in [0.2, 0.25) is 0 Å². The van der Waals surface area contributed by atoms with Gasteiger partial charge in [0.2, 0.25) is 0 Å². The van der Waals surface area contributed by atoms with Crippen molar-refractivity contribution in [2.45, 2.75) is 58.3 Å². The largest absolute Gasteiger partial charge is 0.393 e. The number of benzene rings is 1. The fraction of sp³-hybridized carbons (Fsp3) is 0.588. The van der Waals surface area contributed by atoms with Crippen molar-refractivity contribution in [1.82, 2.24) is 9.55 Å². The third-order valence-electron chi connectivity index (χ3n) is 3.88. The zero-order valence-electron chi connectivity index (χ0n) is 13.5. The van der Waals surface area contributed by atoms with Crippen molar-refractivity contribution in [3.63, 3.8) is 0 Å². The summed E-state index contributed by atoms with van der Waals surface area (Å²) >= 11 is 0. The number of ether oxygens (including phenoxy) is 1. The van der Waals surface area contributed by atoms with E-state index < -0.39 is 6.10 Å². The molecule has 4 nitrogen and oxygen atoms in total. The van der Waals surface area contributed by atoms with Gasteiger partial charge in [0.15, 0.2) is 0 Å². The number of rotatable bonds is 7. The Bertz CT molecular complexity index is 589. The van der Waals surface area contributed by atoms with Crippen molar-refractivity contribution < 1.29 is 9.84 Å². The Kier molecular flexibility index (Phi) is 5.01. The molecule has 1 aromatic heterocycles. The summed E-state index contributed by atoms with van der Waals surface area (Å²) in [6, 6.07) is 8.15. The van der Waals surface area contributed by atoms with Gasteiger partial charge in [-0.1, -0.05) is 19.1 Å². The van der Waals surface area contributed by atoms with Gasteiger partial charge in [-0.15, -0.1) is 0 Å². The minimum absolute atomic E-state index is 0.318. The highest BCUT2D eigenvalue weighted by molar-refractivity contribution is 5.75. The average molecular weight is 290 g/mol. The van der Waals surface area contributed by atoms with E-state index in [-0.39, 0.29) is 5.60 Å². The van der Waals surface area contributed by atoms with E-state index in [9.17, 15) is 5.11 Å². The number of aromatic nitrogens is 2. The standard InChI is InChI=1S/C17H26N2O2/c1-5-10-19-15-9-7-6-8-14(15)18-16(19)11-13(20)12-17(2,3)21-4/h6-9,13,20H,5,10-12H2,1-4H3. The minimum atomic E-state index is -0.452. The Balaban J connectivity index is 2.23. The van der Waals surface area contributed by atoms with Crippen molar-refractivity contribution >= 4 is 11.0 Å². The Hall–Kier alpha value is -1.39. The summed E-state index contributed by atoms with van der Waals surface area (Å²) in [4.78, 5) is 4.69. The highest BCUT2D eigenvalue weighted by atomic mass is 16.5. The van der Waals surface area contributed by atoms with Crippen molar-refractivity contribution in [2.24, 2.45) is 0 Å². The van der Waals surface area contributed by atoms with E-state index in [0.29, 0.717) is 12.8 Å². The highest BCUT2D eigenvalue weighted by Gasteiger charge is 2.23. The third-order valence-corrected chi connectivity index (χ3v) is 3.88. The Labute approximate surface area is 126 Å². The molecule has 0 saturated heterocycles. The lowest BCUT2D eigenvalue weighted by atomic mass is 9.98. The van der Waals surface area contributed by atoms with Crippen LogP contribution in [0.4, 0.5) is 0 Å². The number of imidazole rings is 1. The van der Waals surface area contributed by atoms with E-state index in [2.05, 4.69) is 22.5 Å². The van der Waals surface area contributed by atoms with Crippen LogP contribution in [0.15, 0.2) is 24.3 Å². The predicted molar refractivity (Wildman–Crippen MR) is 85.4 cm³/mol. The van der Waals surface area contributed by atoms with Crippen molar-refractivity contribution in [1.29, 1.82) is 0 Å². The number of hydrogen-bond acceptors (Lipinski definition) is 3. The highest BCUT2D eigenvalue weighted by Crippen LogP contribution is 2.21. The fourth-order valence-corrected chi connectivity index (χ4v) is 2.69. The number of fused-ring (bicyclic) bond motifs is 1. The zero-order valence-corrected chi connectivity index (χ0v) is 13.5. The molecule has 2 aromatic rings. The molecule has 0 fully saturated rings. The molecule has 1 atom stereocenters. The summed E-state index contributed by atoms with van der Waals surface area (Å²) in [6.45, 7) is 7.07. The molecule has 0 spiro atoms. The minimum Gasteiger partial charge on any atom is -0.393 e. The maximum Gasteiger partial charge on any atom is 0.112 e. The maximum atomic E-state index is 10.4. The van der Waals surface area contributed by atoms with Gasteiger partial charge in [-0.05, 0) is 32.4 Å². The SMILES string of the molecule is CCCn1c(CC(O)CC(C)(C)OC)nc2ccccc21. The smallest absolute Gasteiger partial charge is 0.112 e. The van der Waals surface area contributed by atoms with E-state index in [0.717, 1.165) is 29.8 Å². The normalized spacial score (nSPS) is 13.8. The van der Waals surface area contributed by atoms with Crippen molar-refractivity contribution in [2.75, 3.05) is 7.11 Å². The average Bonchev–Trinajstić information content (AvgIpc) is 2.77. The first-order valence-electron chi connectivity index (χ1n) is 7.64. The number of nitrogens with zero attached hydrogens (tertiary/aromatic N) is 2. The molecule has 0 radical (unpaired) electrons. The summed E-state index contributed by atoms with van der Waals surface area (Å²) < 4.78 is 7.62. The molecule has 0 aliphatic rings. The fourth-order valence-electron chi connectivity index (χ4n) is 2.69. The summed E-state index contributed by atoms with van der Waals surface area (Å²) in [5, 5.41) is 10.4. The van der Waals surface area contributed by atoms with Crippen LogP contribution in [-0.4, -0.2) is 33.5 Å². The van der Waals surface area contributed by atoms with Gasteiger partial charge in [-0.3, -0.25) is 0 Å². The van der Waals surface area contributed by atoms with Crippen LogP contribution in [0, 0.1) is 0 Å². The van der Waals surface area contributed by atoms with Crippen LogP contribution in [0.3, 0.4) is 0 Å². The van der Waals surface area contributed by atoms with E-state index in [1.54, 1.807) is 7.11 Å². The molecule has 116 valence electrons. The number of para-hydroxylation sites is 2.